The Morgan fingerprint density at radius 2 is 1.94 bits per heavy atom. The van der Waals surface area contributed by atoms with E-state index in [4.69, 9.17) is 23.2 Å². The van der Waals surface area contributed by atoms with Crippen LogP contribution in [0.5, 0.6) is 11.8 Å². The maximum Gasteiger partial charge on any atom is 0.203 e. The molecule has 3 nitrogen and oxygen atoms in total. The SMILES string of the molecule is Oc1cc(CCl)c(O)n1-c1ccc(Cl)cc1F. The average Bonchev–Trinajstić information content (AvgIpc) is 2.55. The third-order valence-corrected chi connectivity index (χ3v) is 2.85. The third kappa shape index (κ3) is 2.06. The van der Waals surface area contributed by atoms with Crippen LogP contribution in [0.3, 0.4) is 0 Å². The van der Waals surface area contributed by atoms with E-state index >= 15 is 0 Å². The van der Waals surface area contributed by atoms with E-state index < -0.39 is 5.82 Å². The first-order valence-corrected chi connectivity index (χ1v) is 5.59. The molecule has 0 saturated carbocycles. The van der Waals surface area contributed by atoms with E-state index in [0.717, 1.165) is 10.6 Å². The summed E-state index contributed by atoms with van der Waals surface area (Å²) in [6, 6.07) is 5.18. The van der Waals surface area contributed by atoms with Gasteiger partial charge in [0.15, 0.2) is 5.88 Å². The van der Waals surface area contributed by atoms with Crippen LogP contribution in [0.2, 0.25) is 5.02 Å². The molecule has 0 fully saturated rings. The Kier molecular flexibility index (Phi) is 3.17. The van der Waals surface area contributed by atoms with Crippen LogP contribution in [0.1, 0.15) is 5.56 Å². The highest BCUT2D eigenvalue weighted by Crippen LogP contribution is 2.33. The van der Waals surface area contributed by atoms with Crippen molar-refractivity contribution in [1.82, 2.24) is 4.57 Å². The fraction of sp³-hybridized carbons (Fsp3) is 0.0909. The van der Waals surface area contributed by atoms with Crippen molar-refractivity contribution in [3.8, 4) is 17.4 Å². The summed E-state index contributed by atoms with van der Waals surface area (Å²) < 4.78 is 14.6. The highest BCUT2D eigenvalue weighted by Gasteiger charge is 2.17. The minimum absolute atomic E-state index is 0.000710. The number of nitrogens with zero attached hydrogens (tertiary/aromatic N) is 1. The fourth-order valence-electron chi connectivity index (χ4n) is 1.54. The van der Waals surface area contributed by atoms with Crippen LogP contribution in [-0.2, 0) is 5.88 Å². The summed E-state index contributed by atoms with van der Waals surface area (Å²) in [7, 11) is 0. The maximum absolute atomic E-state index is 13.6. The normalized spacial score (nSPS) is 10.8. The molecule has 90 valence electrons. The largest absolute Gasteiger partial charge is 0.494 e. The summed E-state index contributed by atoms with van der Waals surface area (Å²) >= 11 is 11.2. The Morgan fingerprint density at radius 3 is 2.47 bits per heavy atom. The van der Waals surface area contributed by atoms with Gasteiger partial charge in [-0.3, -0.25) is 0 Å². The second-order valence-corrected chi connectivity index (χ2v) is 4.12. The van der Waals surface area contributed by atoms with Crippen LogP contribution in [-0.4, -0.2) is 14.8 Å². The average molecular weight is 276 g/mol. The molecule has 1 heterocycles. The van der Waals surface area contributed by atoms with Crippen LogP contribution >= 0.6 is 23.2 Å². The number of benzene rings is 1. The van der Waals surface area contributed by atoms with E-state index in [-0.39, 0.29) is 28.3 Å². The van der Waals surface area contributed by atoms with Gasteiger partial charge in [0, 0.05) is 16.7 Å². The zero-order chi connectivity index (χ0) is 12.6. The van der Waals surface area contributed by atoms with E-state index in [1.54, 1.807) is 0 Å². The standard InChI is InChI=1S/C11H8Cl2FNO2/c12-5-6-3-10(16)15(11(6)17)9-2-1-7(13)4-8(9)14/h1-4,16-17H,5H2. The summed E-state index contributed by atoms with van der Waals surface area (Å²) in [5.41, 5.74) is 0.319. The monoisotopic (exact) mass is 275 g/mol. The van der Waals surface area contributed by atoms with Gasteiger partial charge in [-0.05, 0) is 18.2 Å². The van der Waals surface area contributed by atoms with Crippen molar-refractivity contribution < 1.29 is 14.6 Å². The molecular formula is C11H8Cl2FNO2. The van der Waals surface area contributed by atoms with Crippen molar-refractivity contribution in [2.24, 2.45) is 0 Å². The van der Waals surface area contributed by atoms with Crippen LogP contribution in [0.25, 0.3) is 5.69 Å². The number of hydrogen-bond acceptors (Lipinski definition) is 2. The van der Waals surface area contributed by atoms with Gasteiger partial charge in [-0.2, -0.15) is 0 Å². The summed E-state index contributed by atoms with van der Waals surface area (Å²) in [5, 5.41) is 19.6. The molecule has 2 aromatic rings. The molecule has 1 aromatic carbocycles. The first kappa shape index (κ1) is 12.1. The third-order valence-electron chi connectivity index (χ3n) is 2.33. The molecule has 0 aliphatic heterocycles. The molecule has 17 heavy (non-hydrogen) atoms. The van der Waals surface area contributed by atoms with Crippen LogP contribution in [0, 0.1) is 5.82 Å². The quantitative estimate of drug-likeness (QED) is 0.825. The lowest BCUT2D eigenvalue weighted by Gasteiger charge is -2.08. The Hall–Kier alpha value is -1.39. The van der Waals surface area contributed by atoms with Crippen molar-refractivity contribution in [2.45, 2.75) is 5.88 Å². The first-order chi connectivity index (χ1) is 8.04. The Morgan fingerprint density at radius 1 is 1.24 bits per heavy atom. The van der Waals surface area contributed by atoms with Crippen LogP contribution in [0.4, 0.5) is 4.39 Å². The molecule has 2 rings (SSSR count). The zero-order valence-corrected chi connectivity index (χ0v) is 10.0. The predicted octanol–water partition coefficient (Wildman–Crippen LogP) is 3.42. The number of alkyl halides is 1. The number of aromatic nitrogens is 1. The molecule has 0 radical (unpaired) electrons. The van der Waals surface area contributed by atoms with Crippen molar-refractivity contribution in [3.63, 3.8) is 0 Å². The van der Waals surface area contributed by atoms with Crippen LogP contribution < -0.4 is 0 Å². The molecule has 0 amide bonds. The van der Waals surface area contributed by atoms with Crippen molar-refractivity contribution in [3.05, 3.63) is 40.7 Å². The van der Waals surface area contributed by atoms with E-state index in [1.807, 2.05) is 0 Å². The van der Waals surface area contributed by atoms with Crippen molar-refractivity contribution >= 4 is 23.2 Å². The molecule has 1 aromatic heterocycles. The lowest BCUT2D eigenvalue weighted by molar-refractivity contribution is 0.398. The van der Waals surface area contributed by atoms with Gasteiger partial charge in [-0.1, -0.05) is 11.6 Å². The van der Waals surface area contributed by atoms with Crippen molar-refractivity contribution in [2.75, 3.05) is 0 Å². The van der Waals surface area contributed by atoms with E-state index in [0.29, 0.717) is 5.56 Å². The molecule has 0 spiro atoms. The molecule has 0 bridgehead atoms. The Bertz CT molecular complexity index is 569. The number of halogens is 3. The molecule has 0 aliphatic rings. The smallest absolute Gasteiger partial charge is 0.203 e. The predicted molar refractivity (Wildman–Crippen MR) is 63.6 cm³/mol. The van der Waals surface area contributed by atoms with Gasteiger partial charge >= 0.3 is 0 Å². The summed E-state index contributed by atoms with van der Waals surface area (Å²) in [5.74, 6) is -1.22. The molecule has 0 aliphatic carbocycles. The summed E-state index contributed by atoms with van der Waals surface area (Å²) in [6.07, 6.45) is 0. The van der Waals surface area contributed by atoms with E-state index in [1.165, 1.54) is 18.2 Å². The highest BCUT2D eigenvalue weighted by molar-refractivity contribution is 6.30. The molecule has 0 atom stereocenters. The molecule has 0 saturated heterocycles. The topological polar surface area (TPSA) is 45.4 Å². The number of hydrogen-bond donors (Lipinski definition) is 2. The van der Waals surface area contributed by atoms with Gasteiger partial charge in [0.2, 0.25) is 5.88 Å². The van der Waals surface area contributed by atoms with Gasteiger partial charge in [0.1, 0.15) is 5.82 Å². The minimum Gasteiger partial charge on any atom is -0.494 e. The molecule has 2 N–H and O–H groups in total. The first-order valence-electron chi connectivity index (χ1n) is 4.68. The van der Waals surface area contributed by atoms with Gasteiger partial charge in [0.05, 0.1) is 11.6 Å². The van der Waals surface area contributed by atoms with Crippen molar-refractivity contribution in [1.29, 1.82) is 0 Å². The zero-order valence-electron chi connectivity index (χ0n) is 8.49. The van der Waals surface area contributed by atoms with E-state index in [2.05, 4.69) is 0 Å². The summed E-state index contributed by atoms with van der Waals surface area (Å²) in [4.78, 5) is 0. The van der Waals surface area contributed by atoms with Gasteiger partial charge in [-0.15, -0.1) is 11.6 Å². The van der Waals surface area contributed by atoms with Crippen LogP contribution in [0.15, 0.2) is 24.3 Å². The molecule has 6 heteroatoms. The van der Waals surface area contributed by atoms with Gasteiger partial charge in [-0.25, -0.2) is 8.96 Å². The Labute approximate surface area is 107 Å². The second-order valence-electron chi connectivity index (χ2n) is 3.42. The number of aromatic hydroxyl groups is 2. The highest BCUT2D eigenvalue weighted by atomic mass is 35.5. The second kappa shape index (κ2) is 4.47. The number of rotatable bonds is 2. The lowest BCUT2D eigenvalue weighted by atomic mass is 10.3. The Balaban J connectivity index is 2.64. The maximum atomic E-state index is 13.6. The molecular weight excluding hydrogens is 268 g/mol. The van der Waals surface area contributed by atoms with Gasteiger partial charge in [0.25, 0.3) is 0 Å². The summed E-state index contributed by atoms with van der Waals surface area (Å²) in [6.45, 7) is 0. The molecule has 0 unspecified atom stereocenters. The van der Waals surface area contributed by atoms with Gasteiger partial charge < -0.3 is 10.2 Å². The lowest BCUT2D eigenvalue weighted by Crippen LogP contribution is -1.96. The minimum atomic E-state index is -0.653. The fourth-order valence-corrected chi connectivity index (χ4v) is 1.89. The van der Waals surface area contributed by atoms with E-state index in [9.17, 15) is 14.6 Å².